The molecule has 1 aliphatic rings. The third kappa shape index (κ3) is 3.80. The molecule has 1 N–H and O–H groups in total. The van der Waals surface area contributed by atoms with Crippen LogP contribution in [0.3, 0.4) is 0 Å². The topological polar surface area (TPSA) is 33.1 Å². The van der Waals surface area contributed by atoms with Crippen molar-refractivity contribution in [1.29, 1.82) is 0 Å². The Hall–Kier alpha value is -0.870. The fourth-order valence-corrected chi connectivity index (χ4v) is 2.96. The lowest BCUT2D eigenvalue weighted by molar-refractivity contribution is 0.122. The van der Waals surface area contributed by atoms with Crippen LogP contribution < -0.4 is 5.32 Å². The molecule has 1 aromatic rings. The molecule has 2 atom stereocenters. The Balaban J connectivity index is 1.99. The quantitative estimate of drug-likeness (QED) is 0.902. The molecule has 0 amide bonds. The standard InChI is InChI=1S/C15H28N4/c1-11(2)6-14-9-19(13(4)8-16-14)10-15-7-12(3)17-18(15)5/h7,11,13-14,16H,6,8-10H2,1-5H3. The van der Waals surface area contributed by atoms with Crippen LogP contribution in [0.5, 0.6) is 0 Å². The molecule has 0 bridgehead atoms. The van der Waals surface area contributed by atoms with Gasteiger partial charge >= 0.3 is 0 Å². The van der Waals surface area contributed by atoms with E-state index in [1.807, 2.05) is 11.7 Å². The van der Waals surface area contributed by atoms with Crippen LogP contribution in [0.25, 0.3) is 0 Å². The lowest BCUT2D eigenvalue weighted by Crippen LogP contribution is -2.55. The largest absolute Gasteiger partial charge is 0.311 e. The van der Waals surface area contributed by atoms with Crippen molar-refractivity contribution in [2.45, 2.75) is 52.7 Å². The van der Waals surface area contributed by atoms with Crippen molar-refractivity contribution in [2.75, 3.05) is 13.1 Å². The molecule has 2 unspecified atom stereocenters. The van der Waals surface area contributed by atoms with E-state index in [0.717, 1.165) is 31.2 Å². The summed E-state index contributed by atoms with van der Waals surface area (Å²) in [7, 11) is 2.04. The fraction of sp³-hybridized carbons (Fsp3) is 0.800. The molecule has 1 aromatic heterocycles. The van der Waals surface area contributed by atoms with Gasteiger partial charge in [0.25, 0.3) is 0 Å². The minimum atomic E-state index is 0.596. The van der Waals surface area contributed by atoms with Gasteiger partial charge in [0.1, 0.15) is 0 Å². The third-order valence-corrected chi connectivity index (χ3v) is 4.00. The molecule has 19 heavy (non-hydrogen) atoms. The molecule has 0 aliphatic carbocycles. The van der Waals surface area contributed by atoms with Gasteiger partial charge in [-0.05, 0) is 32.3 Å². The van der Waals surface area contributed by atoms with E-state index >= 15 is 0 Å². The van der Waals surface area contributed by atoms with Crippen molar-refractivity contribution < 1.29 is 0 Å². The number of aromatic nitrogens is 2. The predicted molar refractivity (Wildman–Crippen MR) is 79.1 cm³/mol. The molecule has 4 nitrogen and oxygen atoms in total. The molecule has 0 aromatic carbocycles. The minimum absolute atomic E-state index is 0.596. The molecule has 0 spiro atoms. The van der Waals surface area contributed by atoms with Gasteiger partial charge in [0.05, 0.1) is 11.4 Å². The van der Waals surface area contributed by atoms with Crippen molar-refractivity contribution in [3.63, 3.8) is 0 Å². The van der Waals surface area contributed by atoms with Gasteiger partial charge in [-0.3, -0.25) is 9.58 Å². The highest BCUT2D eigenvalue weighted by molar-refractivity contribution is 5.09. The molecule has 0 radical (unpaired) electrons. The summed E-state index contributed by atoms with van der Waals surface area (Å²) in [6, 6.07) is 3.43. The second kappa shape index (κ2) is 6.06. The van der Waals surface area contributed by atoms with E-state index in [4.69, 9.17) is 0 Å². The van der Waals surface area contributed by atoms with Crippen LogP contribution in [0, 0.1) is 12.8 Å². The van der Waals surface area contributed by atoms with Gasteiger partial charge < -0.3 is 5.32 Å². The first kappa shape index (κ1) is 14.5. The third-order valence-electron chi connectivity index (χ3n) is 4.00. The number of nitrogens with one attached hydrogen (secondary N) is 1. The molecule has 1 aliphatic heterocycles. The SMILES string of the molecule is Cc1cc(CN2CC(CC(C)C)NCC2C)n(C)n1. The first-order valence-electron chi connectivity index (χ1n) is 7.42. The van der Waals surface area contributed by atoms with E-state index in [2.05, 4.69) is 49.1 Å². The van der Waals surface area contributed by atoms with Crippen LogP contribution in [-0.2, 0) is 13.6 Å². The molecule has 2 heterocycles. The van der Waals surface area contributed by atoms with Crippen molar-refractivity contribution in [3.8, 4) is 0 Å². The molecule has 4 heteroatoms. The lowest BCUT2D eigenvalue weighted by atomic mass is 10.00. The number of hydrogen-bond acceptors (Lipinski definition) is 3. The van der Waals surface area contributed by atoms with Gasteiger partial charge in [0.15, 0.2) is 0 Å². The van der Waals surface area contributed by atoms with Gasteiger partial charge in [-0.15, -0.1) is 0 Å². The Bertz CT molecular complexity index is 410. The van der Waals surface area contributed by atoms with Gasteiger partial charge in [-0.1, -0.05) is 13.8 Å². The zero-order valence-corrected chi connectivity index (χ0v) is 13.0. The van der Waals surface area contributed by atoms with Crippen LogP contribution >= 0.6 is 0 Å². The Morgan fingerprint density at radius 2 is 2.21 bits per heavy atom. The molecule has 1 saturated heterocycles. The highest BCUT2D eigenvalue weighted by atomic mass is 15.3. The molecule has 108 valence electrons. The number of hydrogen-bond donors (Lipinski definition) is 1. The normalized spacial score (nSPS) is 25.2. The van der Waals surface area contributed by atoms with E-state index in [1.54, 1.807) is 0 Å². The van der Waals surface area contributed by atoms with Crippen LogP contribution in [0.2, 0.25) is 0 Å². The maximum Gasteiger partial charge on any atom is 0.0597 e. The van der Waals surface area contributed by atoms with Crippen LogP contribution in [-0.4, -0.2) is 39.9 Å². The zero-order chi connectivity index (χ0) is 14.0. The highest BCUT2D eigenvalue weighted by Gasteiger charge is 2.25. The van der Waals surface area contributed by atoms with E-state index in [9.17, 15) is 0 Å². The second-order valence-corrected chi connectivity index (χ2v) is 6.41. The second-order valence-electron chi connectivity index (χ2n) is 6.41. The van der Waals surface area contributed by atoms with Gasteiger partial charge in [-0.25, -0.2) is 0 Å². The molecular weight excluding hydrogens is 236 g/mol. The number of piperazine rings is 1. The summed E-state index contributed by atoms with van der Waals surface area (Å²) in [5, 5.41) is 8.12. The van der Waals surface area contributed by atoms with E-state index in [1.165, 1.54) is 12.1 Å². The average molecular weight is 264 g/mol. The van der Waals surface area contributed by atoms with E-state index in [0.29, 0.717) is 12.1 Å². The number of aryl methyl sites for hydroxylation is 2. The van der Waals surface area contributed by atoms with Crippen molar-refractivity contribution in [3.05, 3.63) is 17.5 Å². The van der Waals surface area contributed by atoms with E-state index < -0.39 is 0 Å². The van der Waals surface area contributed by atoms with Crippen LogP contribution in [0.15, 0.2) is 6.07 Å². The van der Waals surface area contributed by atoms with Crippen molar-refractivity contribution >= 4 is 0 Å². The average Bonchev–Trinajstić information content (AvgIpc) is 2.61. The number of nitrogens with zero attached hydrogens (tertiary/aromatic N) is 3. The summed E-state index contributed by atoms with van der Waals surface area (Å²) in [5.41, 5.74) is 2.42. The summed E-state index contributed by atoms with van der Waals surface area (Å²) in [5.74, 6) is 0.756. The van der Waals surface area contributed by atoms with Gasteiger partial charge in [0, 0.05) is 38.8 Å². The first-order chi connectivity index (χ1) is 8.95. The Morgan fingerprint density at radius 3 is 2.79 bits per heavy atom. The molecule has 2 rings (SSSR count). The summed E-state index contributed by atoms with van der Waals surface area (Å²) in [6.45, 7) is 12.2. The fourth-order valence-electron chi connectivity index (χ4n) is 2.96. The van der Waals surface area contributed by atoms with Crippen LogP contribution in [0.1, 0.15) is 38.6 Å². The summed E-state index contributed by atoms with van der Waals surface area (Å²) >= 11 is 0. The smallest absolute Gasteiger partial charge is 0.0597 e. The van der Waals surface area contributed by atoms with E-state index in [-0.39, 0.29) is 0 Å². The van der Waals surface area contributed by atoms with Gasteiger partial charge in [0.2, 0.25) is 0 Å². The molecule has 0 saturated carbocycles. The summed E-state index contributed by atoms with van der Waals surface area (Å²) < 4.78 is 2.02. The highest BCUT2D eigenvalue weighted by Crippen LogP contribution is 2.16. The molecule has 1 fully saturated rings. The molecular formula is C15H28N4. The van der Waals surface area contributed by atoms with Crippen LogP contribution in [0.4, 0.5) is 0 Å². The first-order valence-corrected chi connectivity index (χ1v) is 7.42. The minimum Gasteiger partial charge on any atom is -0.311 e. The Labute approximate surface area is 117 Å². The summed E-state index contributed by atoms with van der Waals surface area (Å²) in [6.07, 6.45) is 1.26. The zero-order valence-electron chi connectivity index (χ0n) is 13.0. The van der Waals surface area contributed by atoms with Crippen molar-refractivity contribution in [1.82, 2.24) is 20.0 Å². The maximum atomic E-state index is 4.44. The van der Waals surface area contributed by atoms with Gasteiger partial charge in [-0.2, -0.15) is 5.10 Å². The number of rotatable bonds is 4. The Kier molecular flexibility index (Phi) is 4.63. The monoisotopic (exact) mass is 264 g/mol. The lowest BCUT2D eigenvalue weighted by Gasteiger charge is -2.39. The Morgan fingerprint density at radius 1 is 1.47 bits per heavy atom. The van der Waals surface area contributed by atoms with Crippen molar-refractivity contribution in [2.24, 2.45) is 13.0 Å². The summed E-state index contributed by atoms with van der Waals surface area (Å²) in [4.78, 5) is 2.58. The predicted octanol–water partition coefficient (Wildman–Crippen LogP) is 1.94. The maximum absolute atomic E-state index is 4.44.